The summed E-state index contributed by atoms with van der Waals surface area (Å²) in [6, 6.07) is 19.6. The van der Waals surface area contributed by atoms with Crippen molar-refractivity contribution >= 4 is 66.8 Å². The number of hydrogen-bond acceptors (Lipinski definition) is 4. The van der Waals surface area contributed by atoms with E-state index in [9.17, 15) is 13.2 Å². The Balaban J connectivity index is 1.35. The third kappa shape index (κ3) is 6.81. The molecule has 4 rings (SSSR count). The molecule has 1 aliphatic rings. The SMILES string of the molecule is O=C(c1ccc(CNS(=O)(=O)c2ccc(Cl)c(Cl)c2)cc1)N1CCCC1CSc1ccc(Br)cc1. The molecule has 1 fully saturated rings. The van der Waals surface area contributed by atoms with Crippen LogP contribution in [0.1, 0.15) is 28.8 Å². The Morgan fingerprint density at radius 3 is 2.43 bits per heavy atom. The average Bonchev–Trinajstić information content (AvgIpc) is 3.32. The summed E-state index contributed by atoms with van der Waals surface area (Å²) in [7, 11) is -3.75. The number of nitrogens with one attached hydrogen (secondary N) is 1. The molecule has 0 spiro atoms. The lowest BCUT2D eigenvalue weighted by atomic mass is 10.1. The van der Waals surface area contributed by atoms with Gasteiger partial charge in [0, 0.05) is 39.8 Å². The minimum absolute atomic E-state index is 0.00634. The first kappa shape index (κ1) is 26.5. The Morgan fingerprint density at radius 2 is 1.74 bits per heavy atom. The molecule has 10 heteroatoms. The second-order valence-corrected chi connectivity index (χ2v) is 12.7. The highest BCUT2D eigenvalue weighted by molar-refractivity contribution is 9.10. The molecule has 0 aromatic heterocycles. The molecular formula is C25H23BrCl2N2O3S2. The van der Waals surface area contributed by atoms with E-state index in [0.717, 1.165) is 35.2 Å². The van der Waals surface area contributed by atoms with Crippen molar-refractivity contribution in [1.82, 2.24) is 9.62 Å². The summed E-state index contributed by atoms with van der Waals surface area (Å²) in [6.07, 6.45) is 1.98. The van der Waals surface area contributed by atoms with Gasteiger partial charge in [0.25, 0.3) is 5.91 Å². The standard InChI is InChI=1S/C25H23BrCl2N2O3S2/c26-19-7-9-21(10-8-19)34-16-20-2-1-13-30(20)25(31)18-5-3-17(4-6-18)15-29-35(32,33)22-11-12-23(27)24(28)14-22/h3-12,14,20,29H,1-2,13,15-16H2. The number of sulfonamides is 1. The predicted octanol–water partition coefficient (Wildman–Crippen LogP) is 6.63. The molecule has 35 heavy (non-hydrogen) atoms. The van der Waals surface area contributed by atoms with Gasteiger partial charge >= 0.3 is 0 Å². The van der Waals surface area contributed by atoms with E-state index in [-0.39, 0.29) is 33.4 Å². The first-order valence-electron chi connectivity index (χ1n) is 11.0. The molecular weight excluding hydrogens is 591 g/mol. The summed E-state index contributed by atoms with van der Waals surface area (Å²) in [6.45, 7) is 0.836. The van der Waals surface area contributed by atoms with Gasteiger partial charge < -0.3 is 4.90 Å². The molecule has 1 unspecified atom stereocenters. The van der Waals surface area contributed by atoms with E-state index >= 15 is 0 Å². The van der Waals surface area contributed by atoms with Crippen molar-refractivity contribution in [2.24, 2.45) is 0 Å². The van der Waals surface area contributed by atoms with Crippen LogP contribution in [-0.4, -0.2) is 37.6 Å². The topological polar surface area (TPSA) is 66.5 Å². The van der Waals surface area contributed by atoms with Gasteiger partial charge in [-0.15, -0.1) is 11.8 Å². The van der Waals surface area contributed by atoms with Crippen molar-refractivity contribution < 1.29 is 13.2 Å². The van der Waals surface area contributed by atoms with Crippen LogP contribution in [0.25, 0.3) is 0 Å². The van der Waals surface area contributed by atoms with E-state index in [4.69, 9.17) is 23.2 Å². The molecule has 1 N–H and O–H groups in total. The van der Waals surface area contributed by atoms with Crippen molar-refractivity contribution in [1.29, 1.82) is 0 Å². The summed E-state index contributed by atoms with van der Waals surface area (Å²) >= 11 is 17.0. The molecule has 184 valence electrons. The number of carbonyl (C=O) groups is 1. The number of hydrogen-bond donors (Lipinski definition) is 1. The predicted molar refractivity (Wildman–Crippen MR) is 146 cm³/mol. The molecule has 0 radical (unpaired) electrons. The molecule has 1 amide bonds. The van der Waals surface area contributed by atoms with E-state index in [1.807, 2.05) is 17.0 Å². The fourth-order valence-electron chi connectivity index (χ4n) is 3.84. The second kappa shape index (κ2) is 11.7. The van der Waals surface area contributed by atoms with Crippen molar-refractivity contribution in [2.45, 2.75) is 35.2 Å². The summed E-state index contributed by atoms with van der Waals surface area (Å²) in [5, 5.41) is 0.464. The van der Waals surface area contributed by atoms with Crippen molar-refractivity contribution in [3.63, 3.8) is 0 Å². The van der Waals surface area contributed by atoms with Gasteiger partial charge in [0.2, 0.25) is 10.0 Å². The maximum Gasteiger partial charge on any atom is 0.254 e. The number of amides is 1. The van der Waals surface area contributed by atoms with Crippen LogP contribution < -0.4 is 4.72 Å². The van der Waals surface area contributed by atoms with Gasteiger partial charge in [0.1, 0.15) is 0 Å². The Kier molecular flexibility index (Phi) is 8.84. The first-order chi connectivity index (χ1) is 16.7. The lowest BCUT2D eigenvalue weighted by Crippen LogP contribution is -2.37. The molecule has 1 atom stereocenters. The minimum Gasteiger partial charge on any atom is -0.335 e. The van der Waals surface area contributed by atoms with Crippen LogP contribution in [0.15, 0.2) is 81.0 Å². The lowest BCUT2D eigenvalue weighted by molar-refractivity contribution is 0.0750. The summed E-state index contributed by atoms with van der Waals surface area (Å²) in [5.74, 6) is 0.855. The molecule has 3 aromatic rings. The molecule has 0 bridgehead atoms. The molecule has 0 aliphatic carbocycles. The smallest absolute Gasteiger partial charge is 0.254 e. The minimum atomic E-state index is -3.75. The molecule has 1 saturated heterocycles. The van der Waals surface area contributed by atoms with Crippen LogP contribution in [0.5, 0.6) is 0 Å². The highest BCUT2D eigenvalue weighted by Crippen LogP contribution is 2.28. The van der Waals surface area contributed by atoms with Crippen LogP contribution in [0.2, 0.25) is 10.0 Å². The van der Waals surface area contributed by atoms with Gasteiger partial charge in [-0.25, -0.2) is 13.1 Å². The van der Waals surface area contributed by atoms with Gasteiger partial charge in [-0.05, 0) is 73.0 Å². The Labute approximate surface area is 228 Å². The normalized spacial score (nSPS) is 16.0. The quantitative estimate of drug-likeness (QED) is 0.290. The maximum atomic E-state index is 13.2. The van der Waals surface area contributed by atoms with E-state index in [1.165, 1.54) is 23.1 Å². The summed E-state index contributed by atoms with van der Waals surface area (Å²) in [5.41, 5.74) is 1.34. The van der Waals surface area contributed by atoms with Crippen molar-refractivity contribution in [3.05, 3.63) is 92.4 Å². The highest BCUT2D eigenvalue weighted by Gasteiger charge is 2.29. The van der Waals surface area contributed by atoms with E-state index in [1.54, 1.807) is 36.0 Å². The lowest BCUT2D eigenvalue weighted by Gasteiger charge is -2.24. The zero-order valence-corrected chi connectivity index (χ0v) is 23.3. The Bertz CT molecular complexity index is 1300. The molecule has 0 saturated carbocycles. The zero-order chi connectivity index (χ0) is 25.0. The largest absolute Gasteiger partial charge is 0.335 e. The summed E-state index contributed by atoms with van der Waals surface area (Å²) < 4.78 is 28.7. The number of thioether (sulfide) groups is 1. The number of nitrogens with zero attached hydrogens (tertiary/aromatic N) is 1. The van der Waals surface area contributed by atoms with E-state index in [0.29, 0.717) is 5.56 Å². The average molecular weight is 614 g/mol. The van der Waals surface area contributed by atoms with Crippen molar-refractivity contribution in [2.75, 3.05) is 12.3 Å². The summed E-state index contributed by atoms with van der Waals surface area (Å²) in [4.78, 5) is 16.3. The number of likely N-dealkylation sites (tertiary alicyclic amines) is 1. The highest BCUT2D eigenvalue weighted by atomic mass is 79.9. The van der Waals surface area contributed by atoms with Crippen LogP contribution in [0.3, 0.4) is 0 Å². The van der Waals surface area contributed by atoms with Gasteiger partial charge in [-0.1, -0.05) is 51.3 Å². The number of halogens is 3. The molecule has 3 aromatic carbocycles. The van der Waals surface area contributed by atoms with Crippen LogP contribution >= 0.6 is 50.9 Å². The van der Waals surface area contributed by atoms with Gasteiger partial charge in [-0.2, -0.15) is 0 Å². The Hall–Kier alpha value is -1.55. The maximum absolute atomic E-state index is 13.2. The monoisotopic (exact) mass is 612 g/mol. The number of rotatable bonds is 8. The number of carbonyl (C=O) groups excluding carboxylic acids is 1. The van der Waals surface area contributed by atoms with Gasteiger partial charge in [0.05, 0.1) is 14.9 Å². The van der Waals surface area contributed by atoms with E-state index in [2.05, 4.69) is 32.8 Å². The van der Waals surface area contributed by atoms with Gasteiger partial charge in [-0.3, -0.25) is 4.79 Å². The third-order valence-electron chi connectivity index (χ3n) is 5.76. The van der Waals surface area contributed by atoms with Crippen LogP contribution in [0.4, 0.5) is 0 Å². The van der Waals surface area contributed by atoms with E-state index < -0.39 is 10.0 Å². The molecule has 1 heterocycles. The molecule has 1 aliphatic heterocycles. The zero-order valence-electron chi connectivity index (χ0n) is 18.6. The van der Waals surface area contributed by atoms with Crippen LogP contribution in [0, 0.1) is 0 Å². The Morgan fingerprint density at radius 1 is 1.03 bits per heavy atom. The fraction of sp³-hybridized carbons (Fsp3) is 0.240. The second-order valence-electron chi connectivity index (χ2n) is 8.16. The van der Waals surface area contributed by atoms with Crippen LogP contribution in [-0.2, 0) is 16.6 Å². The fourth-order valence-corrected chi connectivity index (χ4v) is 6.57. The third-order valence-corrected chi connectivity index (χ3v) is 9.59. The number of benzene rings is 3. The molecule has 5 nitrogen and oxygen atoms in total. The first-order valence-corrected chi connectivity index (χ1v) is 15.0. The van der Waals surface area contributed by atoms with Crippen molar-refractivity contribution in [3.8, 4) is 0 Å². The van der Waals surface area contributed by atoms with Gasteiger partial charge in [0.15, 0.2) is 0 Å².